The molecule has 5 aromatic carbocycles. The lowest BCUT2D eigenvalue weighted by Crippen LogP contribution is -1.83. The van der Waals surface area contributed by atoms with E-state index in [1.807, 2.05) is 66.7 Å². The average molecular weight is 348 g/mol. The molecule has 0 fully saturated rings. The van der Waals surface area contributed by atoms with Gasteiger partial charge in [-0.25, -0.2) is 0 Å². The molecule has 0 atom stereocenters. The molecule has 0 radical (unpaired) electrons. The van der Waals surface area contributed by atoms with Crippen LogP contribution in [0.1, 0.15) is 0 Å². The summed E-state index contributed by atoms with van der Waals surface area (Å²) in [6, 6.07) is 29.8. The number of phenolic OH excluding ortho intramolecular Hbond substituents is 1. The molecule has 0 saturated heterocycles. The summed E-state index contributed by atoms with van der Waals surface area (Å²) in [5, 5.41) is 25.8. The quantitative estimate of drug-likeness (QED) is 0.265. The molecule has 128 valence electrons. The van der Waals surface area contributed by atoms with E-state index >= 15 is 0 Å². The van der Waals surface area contributed by atoms with Crippen LogP contribution < -0.4 is 0 Å². The Hall–Kier alpha value is -3.72. The van der Waals surface area contributed by atoms with E-state index in [4.69, 9.17) is 0 Å². The molecule has 5 aromatic rings. The van der Waals surface area contributed by atoms with Gasteiger partial charge in [0.2, 0.25) is 0 Å². The van der Waals surface area contributed by atoms with Crippen molar-refractivity contribution in [2.24, 2.45) is 10.2 Å². The summed E-state index contributed by atoms with van der Waals surface area (Å²) >= 11 is 0. The van der Waals surface area contributed by atoms with Crippen LogP contribution in [-0.2, 0) is 0 Å². The highest BCUT2D eigenvalue weighted by molar-refractivity contribution is 6.23. The summed E-state index contributed by atoms with van der Waals surface area (Å²) in [7, 11) is 0. The monoisotopic (exact) mass is 348 g/mol. The second kappa shape index (κ2) is 6.22. The van der Waals surface area contributed by atoms with Crippen LogP contribution in [0.5, 0.6) is 5.75 Å². The van der Waals surface area contributed by atoms with Gasteiger partial charge in [-0.3, -0.25) is 0 Å². The Labute approximate surface area is 156 Å². The summed E-state index contributed by atoms with van der Waals surface area (Å²) < 4.78 is 0. The van der Waals surface area contributed by atoms with Gasteiger partial charge in [0.15, 0.2) is 5.75 Å². The molecule has 0 aliphatic heterocycles. The van der Waals surface area contributed by atoms with Gasteiger partial charge in [-0.05, 0) is 33.7 Å². The Kier molecular flexibility index (Phi) is 3.58. The summed E-state index contributed by atoms with van der Waals surface area (Å²) in [5.41, 5.74) is 1.25. The third-order valence-electron chi connectivity index (χ3n) is 4.88. The smallest absolute Gasteiger partial charge is 0.152 e. The SMILES string of the molecule is Oc1c(N=Nc2ccccc2)c2ccccc2c2ccc3ccccc3c12. The zero-order valence-electron chi connectivity index (χ0n) is 14.5. The van der Waals surface area contributed by atoms with Crippen LogP contribution in [0.4, 0.5) is 11.4 Å². The third-order valence-corrected chi connectivity index (χ3v) is 4.88. The van der Waals surface area contributed by atoms with E-state index in [-0.39, 0.29) is 5.75 Å². The lowest BCUT2D eigenvalue weighted by Gasteiger charge is -2.12. The Bertz CT molecular complexity index is 1320. The molecule has 3 nitrogen and oxygen atoms in total. The number of rotatable bonds is 2. The highest BCUT2D eigenvalue weighted by Gasteiger charge is 2.15. The molecular formula is C24H16N2O. The summed E-state index contributed by atoms with van der Waals surface area (Å²) in [6.07, 6.45) is 0. The second-order valence-electron chi connectivity index (χ2n) is 6.49. The maximum atomic E-state index is 11.2. The van der Waals surface area contributed by atoms with Gasteiger partial charge in [-0.2, -0.15) is 5.11 Å². The summed E-state index contributed by atoms with van der Waals surface area (Å²) in [4.78, 5) is 0. The van der Waals surface area contributed by atoms with Crippen molar-refractivity contribution in [2.45, 2.75) is 0 Å². The molecule has 0 bridgehead atoms. The van der Waals surface area contributed by atoms with Gasteiger partial charge in [0.05, 0.1) is 5.69 Å². The van der Waals surface area contributed by atoms with Gasteiger partial charge in [0.25, 0.3) is 0 Å². The van der Waals surface area contributed by atoms with Gasteiger partial charge in [-0.1, -0.05) is 78.9 Å². The van der Waals surface area contributed by atoms with E-state index in [1.165, 1.54) is 0 Å². The molecule has 1 N–H and O–H groups in total. The fourth-order valence-corrected chi connectivity index (χ4v) is 3.63. The van der Waals surface area contributed by atoms with E-state index < -0.39 is 0 Å². The topological polar surface area (TPSA) is 45.0 Å². The zero-order chi connectivity index (χ0) is 18.2. The molecule has 0 aliphatic rings. The molecule has 0 spiro atoms. The van der Waals surface area contributed by atoms with Crippen molar-refractivity contribution in [2.75, 3.05) is 0 Å². The lowest BCUT2D eigenvalue weighted by molar-refractivity contribution is 0.483. The maximum absolute atomic E-state index is 11.2. The number of nitrogens with zero attached hydrogens (tertiary/aromatic N) is 2. The van der Waals surface area contributed by atoms with E-state index in [1.54, 1.807) is 0 Å². The van der Waals surface area contributed by atoms with Crippen molar-refractivity contribution >= 4 is 43.7 Å². The van der Waals surface area contributed by atoms with Crippen LogP contribution in [0, 0.1) is 0 Å². The molecular weight excluding hydrogens is 332 g/mol. The first-order valence-electron chi connectivity index (χ1n) is 8.85. The van der Waals surface area contributed by atoms with Crippen LogP contribution >= 0.6 is 0 Å². The number of hydrogen-bond acceptors (Lipinski definition) is 3. The van der Waals surface area contributed by atoms with Crippen LogP contribution in [0.25, 0.3) is 32.3 Å². The van der Waals surface area contributed by atoms with Gasteiger partial charge in [0, 0.05) is 10.8 Å². The highest BCUT2D eigenvalue weighted by atomic mass is 16.3. The minimum absolute atomic E-state index is 0.167. The molecule has 0 aliphatic carbocycles. The van der Waals surface area contributed by atoms with Crippen molar-refractivity contribution in [1.29, 1.82) is 0 Å². The number of fused-ring (bicyclic) bond motifs is 5. The van der Waals surface area contributed by atoms with E-state index in [0.29, 0.717) is 5.69 Å². The lowest BCUT2D eigenvalue weighted by atomic mass is 9.95. The van der Waals surface area contributed by atoms with Gasteiger partial charge in [0.1, 0.15) is 5.69 Å². The van der Waals surface area contributed by atoms with Gasteiger partial charge in [-0.15, -0.1) is 5.11 Å². The Morgan fingerprint density at radius 2 is 1.19 bits per heavy atom. The molecule has 0 aromatic heterocycles. The largest absolute Gasteiger partial charge is 0.505 e. The fourth-order valence-electron chi connectivity index (χ4n) is 3.63. The molecule has 0 amide bonds. The van der Waals surface area contributed by atoms with Crippen LogP contribution in [0.2, 0.25) is 0 Å². The first-order chi connectivity index (χ1) is 13.3. The number of azo groups is 1. The first kappa shape index (κ1) is 15.5. The van der Waals surface area contributed by atoms with E-state index in [2.05, 4.69) is 34.5 Å². The van der Waals surface area contributed by atoms with E-state index in [9.17, 15) is 5.11 Å². The number of aromatic hydroxyl groups is 1. The molecule has 0 saturated carbocycles. The molecule has 0 unspecified atom stereocenters. The van der Waals surface area contributed by atoms with Crippen LogP contribution in [-0.4, -0.2) is 5.11 Å². The van der Waals surface area contributed by atoms with Crippen molar-refractivity contribution < 1.29 is 5.11 Å². The highest BCUT2D eigenvalue weighted by Crippen LogP contribution is 2.45. The minimum Gasteiger partial charge on any atom is -0.505 e. The van der Waals surface area contributed by atoms with Crippen LogP contribution in [0.3, 0.4) is 0 Å². The van der Waals surface area contributed by atoms with Crippen molar-refractivity contribution in [1.82, 2.24) is 0 Å². The summed E-state index contributed by atoms with van der Waals surface area (Å²) in [6.45, 7) is 0. The third kappa shape index (κ3) is 2.52. The average Bonchev–Trinajstić information content (AvgIpc) is 2.74. The number of phenols is 1. The minimum atomic E-state index is 0.167. The first-order valence-corrected chi connectivity index (χ1v) is 8.85. The Morgan fingerprint density at radius 1 is 0.519 bits per heavy atom. The van der Waals surface area contributed by atoms with Crippen molar-refractivity contribution in [3.05, 3.63) is 91.0 Å². The van der Waals surface area contributed by atoms with Crippen LogP contribution in [0.15, 0.2) is 101 Å². The predicted octanol–water partition coefficient (Wildman–Crippen LogP) is 7.27. The summed E-state index contributed by atoms with van der Waals surface area (Å²) in [5.74, 6) is 0.167. The van der Waals surface area contributed by atoms with Gasteiger partial charge < -0.3 is 5.11 Å². The van der Waals surface area contributed by atoms with E-state index in [0.717, 1.165) is 38.0 Å². The molecule has 3 heteroatoms. The normalized spacial score (nSPS) is 11.7. The number of benzene rings is 5. The Balaban J connectivity index is 1.89. The fraction of sp³-hybridized carbons (Fsp3) is 0. The second-order valence-corrected chi connectivity index (χ2v) is 6.49. The predicted molar refractivity (Wildman–Crippen MR) is 111 cm³/mol. The number of hydrogen-bond donors (Lipinski definition) is 1. The molecule has 27 heavy (non-hydrogen) atoms. The standard InChI is InChI=1S/C24H16N2O/c27-24-22-18-11-5-4-8-16(18)14-15-20(22)19-12-6-7-13-21(19)23(24)26-25-17-9-2-1-3-10-17/h1-15,27H. The Morgan fingerprint density at radius 3 is 2.00 bits per heavy atom. The van der Waals surface area contributed by atoms with Crippen molar-refractivity contribution in [3.8, 4) is 5.75 Å². The molecule has 5 rings (SSSR count). The zero-order valence-corrected chi connectivity index (χ0v) is 14.5. The van der Waals surface area contributed by atoms with Gasteiger partial charge >= 0.3 is 0 Å². The molecule has 0 heterocycles. The maximum Gasteiger partial charge on any atom is 0.152 e. The van der Waals surface area contributed by atoms with Crippen molar-refractivity contribution in [3.63, 3.8) is 0 Å².